The summed E-state index contributed by atoms with van der Waals surface area (Å²) in [5.74, 6) is 2.93. The summed E-state index contributed by atoms with van der Waals surface area (Å²) in [5, 5.41) is 30.2. The maximum atomic E-state index is 11.1. The van der Waals surface area contributed by atoms with Gasteiger partial charge in [0.15, 0.2) is 0 Å². The molecule has 6 heterocycles. The van der Waals surface area contributed by atoms with Crippen molar-refractivity contribution in [1.82, 2.24) is 20.4 Å². The van der Waals surface area contributed by atoms with E-state index in [9.17, 15) is 10.2 Å². The second kappa shape index (κ2) is 10.3. The molecule has 0 aliphatic carbocycles. The quantitative estimate of drug-likeness (QED) is 0.360. The number of nitrogens with zero attached hydrogens (tertiary/aromatic N) is 2. The molecule has 6 aliphatic heterocycles. The van der Waals surface area contributed by atoms with Crippen molar-refractivity contribution in [2.45, 2.75) is 100 Å². The molecule has 6 rings (SSSR count). The minimum Gasteiger partial charge on any atom is -0.389 e. The number of hydrogen-bond acceptors (Lipinski definition) is 8. The topological polar surface area (TPSA) is 71.0 Å². The van der Waals surface area contributed by atoms with Crippen LogP contribution in [0.3, 0.4) is 0 Å². The van der Waals surface area contributed by atoms with E-state index < -0.39 is 12.2 Å². The number of fused-ring (bicyclic) bond motifs is 2. The Bertz CT molecular complexity index is 816. The highest BCUT2D eigenvalue weighted by molar-refractivity contribution is 8.04. The lowest BCUT2D eigenvalue weighted by atomic mass is 9.82. The Labute approximate surface area is 226 Å². The number of hydrogen-bond donors (Lipinski definition) is 4. The van der Waals surface area contributed by atoms with Crippen LogP contribution in [0.15, 0.2) is 22.2 Å². The molecular weight excluding hydrogens is 488 g/mol. The van der Waals surface area contributed by atoms with Crippen molar-refractivity contribution >= 4 is 23.5 Å². The van der Waals surface area contributed by atoms with Crippen LogP contribution < -0.4 is 10.6 Å². The highest BCUT2D eigenvalue weighted by atomic mass is 32.2. The lowest BCUT2D eigenvalue weighted by molar-refractivity contribution is -0.0171. The zero-order valence-electron chi connectivity index (χ0n) is 22.3. The van der Waals surface area contributed by atoms with Crippen molar-refractivity contribution < 1.29 is 10.2 Å². The zero-order valence-corrected chi connectivity index (χ0v) is 24.0. The van der Waals surface area contributed by atoms with Crippen LogP contribution >= 0.6 is 23.5 Å². The first-order valence-electron chi connectivity index (χ1n) is 14.5. The first-order chi connectivity index (χ1) is 17.4. The van der Waals surface area contributed by atoms with Crippen LogP contribution in [0.25, 0.3) is 0 Å². The third kappa shape index (κ3) is 4.45. The molecule has 0 radical (unpaired) electrons. The van der Waals surface area contributed by atoms with E-state index in [-0.39, 0.29) is 12.1 Å². The van der Waals surface area contributed by atoms with Gasteiger partial charge >= 0.3 is 0 Å². The summed E-state index contributed by atoms with van der Waals surface area (Å²) in [6.45, 7) is 13.6. The number of aliphatic hydroxyl groups excluding tert-OH is 2. The summed E-state index contributed by atoms with van der Waals surface area (Å²) < 4.78 is 0. The van der Waals surface area contributed by atoms with Crippen molar-refractivity contribution in [2.75, 3.05) is 26.2 Å². The van der Waals surface area contributed by atoms with Gasteiger partial charge in [-0.3, -0.25) is 0 Å². The Morgan fingerprint density at radius 2 is 1.22 bits per heavy atom. The van der Waals surface area contributed by atoms with Gasteiger partial charge in [-0.1, -0.05) is 27.7 Å². The summed E-state index contributed by atoms with van der Waals surface area (Å²) in [6, 6.07) is 1.35. The van der Waals surface area contributed by atoms with Crippen molar-refractivity contribution in [2.24, 2.45) is 23.7 Å². The molecule has 0 amide bonds. The van der Waals surface area contributed by atoms with Gasteiger partial charge in [-0.05, 0) is 37.5 Å². The summed E-state index contributed by atoms with van der Waals surface area (Å²) in [7, 11) is 0. The van der Waals surface area contributed by atoms with E-state index in [1.54, 1.807) is 0 Å². The number of rotatable bonds is 9. The maximum absolute atomic E-state index is 11.1. The van der Waals surface area contributed by atoms with Crippen LogP contribution in [-0.4, -0.2) is 93.1 Å². The lowest BCUT2D eigenvalue weighted by Gasteiger charge is -2.46. The molecule has 4 saturated heterocycles. The minimum atomic E-state index is -0.729. The molecule has 0 aromatic heterocycles. The third-order valence-electron chi connectivity index (χ3n) is 10.2. The van der Waals surface area contributed by atoms with Crippen LogP contribution in [0.2, 0.25) is 0 Å². The highest BCUT2D eigenvalue weighted by Gasteiger charge is 2.48. The molecule has 36 heavy (non-hydrogen) atoms. The smallest absolute Gasteiger partial charge is 0.0967 e. The lowest BCUT2D eigenvalue weighted by Crippen LogP contribution is -2.53. The van der Waals surface area contributed by atoms with Gasteiger partial charge in [-0.25, -0.2) is 0 Å². The Kier molecular flexibility index (Phi) is 7.41. The number of thioether (sulfide) groups is 2. The van der Waals surface area contributed by atoms with Gasteiger partial charge in [0.2, 0.25) is 0 Å². The average Bonchev–Trinajstić information content (AvgIpc) is 3.58. The fourth-order valence-electron chi connectivity index (χ4n) is 7.88. The molecule has 4 N–H and O–H groups in total. The maximum Gasteiger partial charge on any atom is 0.0967 e. The van der Waals surface area contributed by atoms with E-state index in [2.05, 4.69) is 60.5 Å². The predicted octanol–water partition coefficient (Wildman–Crippen LogP) is 3.04. The number of aliphatic hydroxyl groups is 2. The summed E-state index contributed by atoms with van der Waals surface area (Å²) in [6.07, 6.45) is 7.73. The van der Waals surface area contributed by atoms with Crippen molar-refractivity contribution in [3.05, 3.63) is 22.2 Å². The predicted molar refractivity (Wildman–Crippen MR) is 151 cm³/mol. The van der Waals surface area contributed by atoms with Gasteiger partial charge in [0.05, 0.1) is 12.2 Å². The van der Waals surface area contributed by atoms with E-state index in [4.69, 9.17) is 0 Å². The SMILES string of the molecule is CC[C@H]1CN2C=C(S[C@@H]3CN[C@H](C(O)C(O)[C@@H]4C[C@H](SC5=CN6C[C@H](CC)[C@H]6[C@H]5C)CN4)C3)[C@H](C)[C@H]12. The fourth-order valence-corrected chi connectivity index (χ4v) is 10.7. The molecule has 4 fully saturated rings. The Morgan fingerprint density at radius 3 is 1.61 bits per heavy atom. The van der Waals surface area contributed by atoms with Crippen LogP contribution in [0.4, 0.5) is 0 Å². The van der Waals surface area contributed by atoms with Crippen molar-refractivity contribution in [1.29, 1.82) is 0 Å². The van der Waals surface area contributed by atoms with Gasteiger partial charge < -0.3 is 30.6 Å². The second-order valence-corrected chi connectivity index (χ2v) is 15.1. The van der Waals surface area contributed by atoms with Crippen LogP contribution in [0, 0.1) is 23.7 Å². The summed E-state index contributed by atoms with van der Waals surface area (Å²) in [4.78, 5) is 8.10. The molecular formula is C28H46N4O2S2. The first kappa shape index (κ1) is 25.9. The molecule has 0 bridgehead atoms. The Balaban J connectivity index is 0.967. The molecule has 12 atom stereocenters. The largest absolute Gasteiger partial charge is 0.389 e. The first-order valence-corrected chi connectivity index (χ1v) is 16.2. The van der Waals surface area contributed by atoms with Gasteiger partial charge in [-0.15, -0.1) is 23.5 Å². The molecule has 0 saturated carbocycles. The van der Waals surface area contributed by atoms with Crippen LogP contribution in [0.1, 0.15) is 53.4 Å². The molecule has 0 aromatic carbocycles. The Hall–Kier alpha value is -0.380. The van der Waals surface area contributed by atoms with Gasteiger partial charge in [0.1, 0.15) is 0 Å². The highest BCUT2D eigenvalue weighted by Crippen LogP contribution is 2.49. The van der Waals surface area contributed by atoms with E-state index in [0.717, 1.165) is 37.8 Å². The molecule has 0 spiro atoms. The van der Waals surface area contributed by atoms with Crippen LogP contribution in [-0.2, 0) is 0 Å². The molecule has 8 heteroatoms. The fraction of sp³-hybridized carbons (Fsp3) is 0.857. The summed E-state index contributed by atoms with van der Waals surface area (Å²) in [5.41, 5.74) is 0. The zero-order chi connectivity index (χ0) is 25.1. The minimum absolute atomic E-state index is 0.0318. The van der Waals surface area contributed by atoms with E-state index >= 15 is 0 Å². The van der Waals surface area contributed by atoms with Gasteiger partial charge in [0.25, 0.3) is 0 Å². The molecule has 6 nitrogen and oxygen atoms in total. The normalized spacial score (nSPS) is 45.1. The molecule has 2 unspecified atom stereocenters. The Morgan fingerprint density at radius 1 is 0.806 bits per heavy atom. The van der Waals surface area contributed by atoms with E-state index in [1.807, 2.05) is 23.5 Å². The van der Waals surface area contributed by atoms with Gasteiger partial charge in [-0.2, -0.15) is 0 Å². The van der Waals surface area contributed by atoms with Crippen molar-refractivity contribution in [3.8, 4) is 0 Å². The monoisotopic (exact) mass is 534 g/mol. The number of nitrogens with one attached hydrogen (secondary N) is 2. The second-order valence-electron chi connectivity index (χ2n) is 12.3. The molecule has 202 valence electrons. The van der Waals surface area contributed by atoms with Crippen molar-refractivity contribution in [3.63, 3.8) is 0 Å². The van der Waals surface area contributed by atoms with E-state index in [0.29, 0.717) is 34.4 Å². The van der Waals surface area contributed by atoms with Crippen LogP contribution in [0.5, 0.6) is 0 Å². The molecule has 6 aliphatic rings. The molecule has 0 aromatic rings. The summed E-state index contributed by atoms with van der Waals surface area (Å²) >= 11 is 4.02. The average molecular weight is 535 g/mol. The standard InChI is InChI=1S/C28H46N4O2S2/c1-5-17-11-31-13-23(15(3)25(17)31)35-19-7-21(29-9-19)27(33)28(34)22-8-20(10-30-22)36-24-14-32-12-18(6-2)26(32)16(24)4/h13-22,25-30,33-34H,5-12H2,1-4H3/t15-,16-,17-,18-,19-,20-,21-,22-,25+,26+,27?,28?/m0/s1. The third-order valence-corrected chi connectivity index (χ3v) is 13.1. The van der Waals surface area contributed by atoms with Gasteiger partial charge in [0, 0.05) is 94.9 Å². The van der Waals surface area contributed by atoms with E-state index in [1.165, 1.54) is 35.7 Å².